The van der Waals surface area contributed by atoms with E-state index in [0.29, 0.717) is 13.0 Å². The molecule has 5 nitrogen and oxygen atoms in total. The molecule has 3 rings (SSSR count). The van der Waals surface area contributed by atoms with E-state index in [1.807, 2.05) is 25.1 Å². The summed E-state index contributed by atoms with van der Waals surface area (Å²) in [5, 5.41) is 29.5. The van der Waals surface area contributed by atoms with Gasteiger partial charge in [0.15, 0.2) is 0 Å². The van der Waals surface area contributed by atoms with Crippen molar-refractivity contribution in [2.45, 2.75) is 57.5 Å². The number of benzene rings is 2. The second kappa shape index (κ2) is 9.52. The maximum atomic E-state index is 10.1. The first-order valence-electron chi connectivity index (χ1n) is 10.0. The van der Waals surface area contributed by atoms with Gasteiger partial charge in [-0.2, -0.15) is 0 Å². The number of rotatable bonds is 7. The van der Waals surface area contributed by atoms with Gasteiger partial charge in [0.2, 0.25) is 0 Å². The van der Waals surface area contributed by atoms with Crippen molar-refractivity contribution in [3.8, 4) is 5.75 Å². The van der Waals surface area contributed by atoms with Crippen LogP contribution in [0.4, 0.5) is 0 Å². The Morgan fingerprint density at radius 2 is 1.79 bits per heavy atom. The standard InChI is InChI=1S/C23H30O5/c1-3-16-7-8-17(21-13-20(25)23(26)22(14-24)28-21)12-18(16)11-15-5-9-19(10-6-15)27-4-2/h5-10,12,20-26H,3-4,11,13-14H2,1-2H3. The first-order valence-corrected chi connectivity index (χ1v) is 10.0. The molecule has 2 aromatic rings. The summed E-state index contributed by atoms with van der Waals surface area (Å²) in [4.78, 5) is 0. The lowest BCUT2D eigenvalue weighted by Crippen LogP contribution is -2.47. The van der Waals surface area contributed by atoms with E-state index in [9.17, 15) is 15.3 Å². The number of hydrogen-bond donors (Lipinski definition) is 3. The molecule has 0 aromatic heterocycles. The van der Waals surface area contributed by atoms with Gasteiger partial charge < -0.3 is 24.8 Å². The molecule has 3 N–H and O–H groups in total. The Balaban J connectivity index is 1.81. The molecule has 0 aliphatic carbocycles. The van der Waals surface area contributed by atoms with Crippen molar-refractivity contribution in [1.82, 2.24) is 0 Å². The fourth-order valence-electron chi connectivity index (χ4n) is 3.76. The zero-order valence-electron chi connectivity index (χ0n) is 16.5. The molecular weight excluding hydrogens is 356 g/mol. The van der Waals surface area contributed by atoms with Gasteiger partial charge in [-0.05, 0) is 54.2 Å². The minimum Gasteiger partial charge on any atom is -0.494 e. The number of aliphatic hydroxyl groups is 3. The predicted molar refractivity (Wildman–Crippen MR) is 108 cm³/mol. The highest BCUT2D eigenvalue weighted by Gasteiger charge is 2.37. The van der Waals surface area contributed by atoms with Crippen molar-refractivity contribution >= 4 is 0 Å². The van der Waals surface area contributed by atoms with Crippen molar-refractivity contribution in [1.29, 1.82) is 0 Å². The molecule has 1 fully saturated rings. The van der Waals surface area contributed by atoms with E-state index in [4.69, 9.17) is 9.47 Å². The van der Waals surface area contributed by atoms with Crippen LogP contribution >= 0.6 is 0 Å². The first kappa shape index (κ1) is 20.8. The average Bonchev–Trinajstić information content (AvgIpc) is 2.71. The topological polar surface area (TPSA) is 79.2 Å². The van der Waals surface area contributed by atoms with Crippen molar-refractivity contribution in [2.75, 3.05) is 13.2 Å². The molecule has 152 valence electrons. The van der Waals surface area contributed by atoms with Crippen molar-refractivity contribution in [2.24, 2.45) is 0 Å². The summed E-state index contributed by atoms with van der Waals surface area (Å²) < 4.78 is 11.4. The van der Waals surface area contributed by atoms with Gasteiger partial charge in [0, 0.05) is 6.42 Å². The fourth-order valence-corrected chi connectivity index (χ4v) is 3.76. The van der Waals surface area contributed by atoms with Gasteiger partial charge in [0.05, 0.1) is 25.4 Å². The molecule has 4 atom stereocenters. The Bertz CT molecular complexity index is 758. The van der Waals surface area contributed by atoms with E-state index in [0.717, 1.165) is 24.2 Å². The summed E-state index contributed by atoms with van der Waals surface area (Å²) in [5.41, 5.74) is 4.65. The molecule has 0 radical (unpaired) electrons. The fraction of sp³-hybridized carbons (Fsp3) is 0.478. The van der Waals surface area contributed by atoms with E-state index in [-0.39, 0.29) is 12.7 Å². The Morgan fingerprint density at radius 1 is 1.04 bits per heavy atom. The van der Waals surface area contributed by atoms with Gasteiger partial charge in [0.1, 0.15) is 18.0 Å². The molecular formula is C23H30O5. The summed E-state index contributed by atoms with van der Waals surface area (Å²) in [6, 6.07) is 14.4. The maximum Gasteiger partial charge on any atom is 0.119 e. The summed E-state index contributed by atoms with van der Waals surface area (Å²) in [6.45, 7) is 4.44. The zero-order chi connectivity index (χ0) is 20.1. The van der Waals surface area contributed by atoms with Crippen molar-refractivity contribution < 1.29 is 24.8 Å². The molecule has 2 aromatic carbocycles. The lowest BCUT2D eigenvalue weighted by atomic mass is 9.90. The van der Waals surface area contributed by atoms with Crippen LogP contribution in [0, 0.1) is 0 Å². The molecule has 0 bridgehead atoms. The lowest BCUT2D eigenvalue weighted by Gasteiger charge is -2.36. The van der Waals surface area contributed by atoms with Crippen LogP contribution in [0.2, 0.25) is 0 Å². The smallest absolute Gasteiger partial charge is 0.119 e. The third kappa shape index (κ3) is 4.73. The minimum atomic E-state index is -1.06. The van der Waals surface area contributed by atoms with Crippen LogP contribution in [-0.4, -0.2) is 46.8 Å². The lowest BCUT2D eigenvalue weighted by molar-refractivity contribution is -0.181. The van der Waals surface area contributed by atoms with Crippen LogP contribution in [-0.2, 0) is 17.6 Å². The van der Waals surface area contributed by atoms with Crippen LogP contribution in [0.15, 0.2) is 42.5 Å². The molecule has 0 saturated carbocycles. The van der Waals surface area contributed by atoms with Gasteiger partial charge in [-0.15, -0.1) is 0 Å². The van der Waals surface area contributed by atoms with E-state index >= 15 is 0 Å². The van der Waals surface area contributed by atoms with Crippen LogP contribution in [0.25, 0.3) is 0 Å². The van der Waals surface area contributed by atoms with Gasteiger partial charge in [-0.3, -0.25) is 0 Å². The summed E-state index contributed by atoms with van der Waals surface area (Å²) in [6.07, 6.45) is -1.04. The quantitative estimate of drug-likeness (QED) is 0.682. The van der Waals surface area contributed by atoms with E-state index in [1.54, 1.807) is 0 Å². The summed E-state index contributed by atoms with van der Waals surface area (Å²) in [7, 11) is 0. The summed E-state index contributed by atoms with van der Waals surface area (Å²) >= 11 is 0. The number of hydrogen-bond acceptors (Lipinski definition) is 5. The Morgan fingerprint density at radius 3 is 2.43 bits per heavy atom. The highest BCUT2D eigenvalue weighted by atomic mass is 16.5. The molecule has 0 spiro atoms. The molecule has 4 unspecified atom stereocenters. The highest BCUT2D eigenvalue weighted by molar-refractivity contribution is 5.38. The van der Waals surface area contributed by atoms with E-state index in [1.165, 1.54) is 16.7 Å². The van der Waals surface area contributed by atoms with Gasteiger partial charge in [0.25, 0.3) is 0 Å². The maximum absolute atomic E-state index is 10.1. The number of aliphatic hydroxyl groups excluding tert-OH is 3. The molecule has 0 amide bonds. The molecule has 1 aliphatic heterocycles. The number of aryl methyl sites for hydroxylation is 1. The predicted octanol–water partition coefficient (Wildman–Crippen LogP) is 2.78. The molecule has 1 aliphatic rings. The molecule has 1 heterocycles. The molecule has 5 heteroatoms. The highest BCUT2D eigenvalue weighted by Crippen LogP contribution is 2.33. The second-order valence-electron chi connectivity index (χ2n) is 7.27. The SMILES string of the molecule is CCOc1ccc(Cc2cc(C3CC(O)C(O)C(CO)O3)ccc2CC)cc1. The Hall–Kier alpha value is -1.92. The van der Waals surface area contributed by atoms with E-state index in [2.05, 4.69) is 31.2 Å². The van der Waals surface area contributed by atoms with E-state index < -0.39 is 18.3 Å². The minimum absolute atomic E-state index is 0.311. The third-order valence-corrected chi connectivity index (χ3v) is 5.36. The zero-order valence-corrected chi connectivity index (χ0v) is 16.5. The van der Waals surface area contributed by atoms with Crippen LogP contribution in [0.5, 0.6) is 5.75 Å². The van der Waals surface area contributed by atoms with Gasteiger partial charge in [-0.1, -0.05) is 37.3 Å². The third-order valence-electron chi connectivity index (χ3n) is 5.36. The van der Waals surface area contributed by atoms with Gasteiger partial charge in [-0.25, -0.2) is 0 Å². The van der Waals surface area contributed by atoms with Crippen molar-refractivity contribution in [3.63, 3.8) is 0 Å². The molecule has 28 heavy (non-hydrogen) atoms. The summed E-state index contributed by atoms with van der Waals surface area (Å²) in [5.74, 6) is 0.869. The Kier molecular flexibility index (Phi) is 7.08. The molecule has 1 saturated heterocycles. The van der Waals surface area contributed by atoms with Crippen LogP contribution < -0.4 is 4.74 Å². The number of ether oxygens (including phenoxy) is 2. The van der Waals surface area contributed by atoms with Gasteiger partial charge >= 0.3 is 0 Å². The average molecular weight is 386 g/mol. The van der Waals surface area contributed by atoms with Crippen molar-refractivity contribution in [3.05, 3.63) is 64.7 Å². The largest absolute Gasteiger partial charge is 0.494 e. The normalized spacial score (nSPS) is 24.9. The Labute approximate surface area is 166 Å². The monoisotopic (exact) mass is 386 g/mol. The first-order chi connectivity index (χ1) is 13.5. The second-order valence-corrected chi connectivity index (χ2v) is 7.27. The van der Waals surface area contributed by atoms with Crippen LogP contribution in [0.3, 0.4) is 0 Å². The van der Waals surface area contributed by atoms with Crippen LogP contribution in [0.1, 0.15) is 48.6 Å².